The number of carbonyl (C=O) groups excluding carboxylic acids is 1. The zero-order chi connectivity index (χ0) is 10.9. The lowest BCUT2D eigenvalue weighted by Crippen LogP contribution is -2.00. The summed E-state index contributed by atoms with van der Waals surface area (Å²) in [6.45, 7) is 1.27. The van der Waals surface area contributed by atoms with Crippen LogP contribution < -0.4 is 5.73 Å². The van der Waals surface area contributed by atoms with Crippen LogP contribution in [-0.2, 0) is 0 Å². The van der Waals surface area contributed by atoms with Crippen molar-refractivity contribution in [2.45, 2.75) is 13.3 Å². The molecule has 0 bridgehead atoms. The molecule has 0 aliphatic rings. The average Bonchev–Trinajstić information content (AvgIpc) is 2.08. The zero-order valence-corrected chi connectivity index (χ0v) is 8.11. The van der Waals surface area contributed by atoms with Crippen molar-refractivity contribution in [3.63, 3.8) is 0 Å². The fraction of sp³-hybridized carbons (Fsp3) is 0.222. The molecule has 1 aromatic carbocycles. The molecule has 0 heterocycles. The highest BCUT2D eigenvalue weighted by atomic mass is 35.5. The van der Waals surface area contributed by atoms with Crippen LogP contribution in [0, 0.1) is 0 Å². The topological polar surface area (TPSA) is 43.1 Å². The van der Waals surface area contributed by atoms with Crippen LogP contribution in [0.25, 0.3) is 0 Å². The van der Waals surface area contributed by atoms with Crippen molar-refractivity contribution in [2.24, 2.45) is 0 Å². The third-order valence-electron chi connectivity index (χ3n) is 1.80. The van der Waals surface area contributed by atoms with Gasteiger partial charge in [0.2, 0.25) is 0 Å². The molecule has 14 heavy (non-hydrogen) atoms. The summed E-state index contributed by atoms with van der Waals surface area (Å²) in [4.78, 5) is 10.9. The summed E-state index contributed by atoms with van der Waals surface area (Å²) in [5, 5.41) is -0.0204. The summed E-state index contributed by atoms with van der Waals surface area (Å²) in [5.74, 6) is -0.325. The third-order valence-corrected chi connectivity index (χ3v) is 2.12. The predicted molar refractivity (Wildman–Crippen MR) is 50.8 cm³/mol. The number of nitrogen functional groups attached to an aromatic ring is 1. The van der Waals surface area contributed by atoms with Gasteiger partial charge in [0.1, 0.15) is 0 Å². The van der Waals surface area contributed by atoms with Gasteiger partial charge in [-0.05, 0) is 19.1 Å². The number of nitrogens with two attached hydrogens (primary N) is 1. The highest BCUT2D eigenvalue weighted by Crippen LogP contribution is 2.32. The van der Waals surface area contributed by atoms with Crippen LogP contribution in [0.15, 0.2) is 12.1 Å². The molecule has 0 saturated carbocycles. The van der Waals surface area contributed by atoms with E-state index in [1.54, 1.807) is 0 Å². The Hall–Kier alpha value is -1.16. The highest BCUT2D eigenvalue weighted by molar-refractivity contribution is 6.33. The number of alkyl halides is 2. The van der Waals surface area contributed by atoms with Gasteiger partial charge >= 0.3 is 0 Å². The summed E-state index contributed by atoms with van der Waals surface area (Å²) in [5.41, 5.74) is 4.89. The Bertz CT molecular complexity index is 379. The SMILES string of the molecule is CC(=O)c1cc(Cl)c(N)c(C(F)F)c1. The molecule has 0 aromatic heterocycles. The molecule has 2 nitrogen and oxygen atoms in total. The van der Waals surface area contributed by atoms with Crippen molar-refractivity contribution in [3.05, 3.63) is 28.3 Å². The Morgan fingerprint density at radius 1 is 1.50 bits per heavy atom. The van der Waals surface area contributed by atoms with Crippen LogP contribution in [-0.4, -0.2) is 5.78 Å². The molecule has 2 N–H and O–H groups in total. The molecule has 0 saturated heterocycles. The van der Waals surface area contributed by atoms with E-state index < -0.39 is 12.0 Å². The molecule has 0 radical (unpaired) electrons. The van der Waals surface area contributed by atoms with E-state index in [0.717, 1.165) is 6.07 Å². The number of benzene rings is 1. The van der Waals surface area contributed by atoms with Crippen molar-refractivity contribution >= 4 is 23.1 Å². The van der Waals surface area contributed by atoms with Gasteiger partial charge in [0.05, 0.1) is 10.7 Å². The van der Waals surface area contributed by atoms with Gasteiger partial charge in [-0.25, -0.2) is 8.78 Å². The molecule has 0 aliphatic heterocycles. The van der Waals surface area contributed by atoms with E-state index in [9.17, 15) is 13.6 Å². The van der Waals surface area contributed by atoms with Crippen molar-refractivity contribution in [1.82, 2.24) is 0 Å². The van der Waals surface area contributed by atoms with Crippen LogP contribution in [0.1, 0.15) is 29.3 Å². The van der Waals surface area contributed by atoms with Crippen molar-refractivity contribution in [2.75, 3.05) is 5.73 Å². The van der Waals surface area contributed by atoms with E-state index in [2.05, 4.69) is 0 Å². The van der Waals surface area contributed by atoms with Gasteiger partial charge in [-0.3, -0.25) is 4.79 Å². The fourth-order valence-electron chi connectivity index (χ4n) is 1.02. The molecule has 0 unspecified atom stereocenters. The monoisotopic (exact) mass is 219 g/mol. The number of ketones is 1. The van der Waals surface area contributed by atoms with Gasteiger partial charge < -0.3 is 5.73 Å². The fourth-order valence-corrected chi connectivity index (χ4v) is 1.25. The summed E-state index contributed by atoms with van der Waals surface area (Å²) in [6.07, 6.45) is -2.73. The van der Waals surface area contributed by atoms with E-state index in [1.807, 2.05) is 0 Å². The first kappa shape index (κ1) is 10.9. The molecule has 0 amide bonds. The number of hydrogen-bond acceptors (Lipinski definition) is 2. The van der Waals surface area contributed by atoms with E-state index in [0.29, 0.717) is 0 Å². The summed E-state index contributed by atoms with van der Waals surface area (Å²) < 4.78 is 24.8. The van der Waals surface area contributed by atoms with Crippen LogP contribution in [0.2, 0.25) is 5.02 Å². The second-order valence-electron chi connectivity index (χ2n) is 2.82. The lowest BCUT2D eigenvalue weighted by Gasteiger charge is -2.08. The maximum Gasteiger partial charge on any atom is 0.265 e. The number of anilines is 1. The Balaban J connectivity index is 3.35. The smallest absolute Gasteiger partial charge is 0.265 e. The number of halogens is 3. The maximum atomic E-state index is 12.4. The largest absolute Gasteiger partial charge is 0.397 e. The zero-order valence-electron chi connectivity index (χ0n) is 7.35. The Kier molecular flexibility index (Phi) is 3.06. The molecular weight excluding hydrogens is 212 g/mol. The van der Waals surface area contributed by atoms with Crippen LogP contribution in [0.4, 0.5) is 14.5 Å². The lowest BCUT2D eigenvalue weighted by molar-refractivity contribution is 0.101. The Morgan fingerprint density at radius 2 is 2.07 bits per heavy atom. The van der Waals surface area contributed by atoms with Gasteiger partial charge in [0.15, 0.2) is 5.78 Å². The number of rotatable bonds is 2. The minimum Gasteiger partial charge on any atom is -0.397 e. The quantitative estimate of drug-likeness (QED) is 0.614. The molecule has 0 spiro atoms. The van der Waals surface area contributed by atoms with Crippen LogP contribution >= 0.6 is 11.6 Å². The van der Waals surface area contributed by atoms with Gasteiger partial charge in [-0.2, -0.15) is 0 Å². The summed E-state index contributed by atoms with van der Waals surface area (Å²) >= 11 is 5.60. The van der Waals surface area contributed by atoms with E-state index in [-0.39, 0.29) is 22.1 Å². The first-order chi connectivity index (χ1) is 6.43. The Labute approximate surface area is 84.7 Å². The molecule has 0 fully saturated rings. The van der Waals surface area contributed by atoms with Crippen LogP contribution in [0.3, 0.4) is 0 Å². The average molecular weight is 220 g/mol. The van der Waals surface area contributed by atoms with E-state index >= 15 is 0 Å². The summed E-state index contributed by atoms with van der Waals surface area (Å²) in [6, 6.07) is 2.35. The first-order valence-corrected chi connectivity index (χ1v) is 4.19. The van der Waals surface area contributed by atoms with Gasteiger partial charge in [0.25, 0.3) is 6.43 Å². The maximum absolute atomic E-state index is 12.4. The van der Waals surface area contributed by atoms with Crippen molar-refractivity contribution < 1.29 is 13.6 Å². The normalized spacial score (nSPS) is 10.6. The molecule has 76 valence electrons. The minimum atomic E-state index is -2.73. The van der Waals surface area contributed by atoms with Gasteiger partial charge in [-0.1, -0.05) is 11.6 Å². The second kappa shape index (κ2) is 3.92. The molecule has 0 aliphatic carbocycles. The van der Waals surface area contributed by atoms with Crippen molar-refractivity contribution in [3.8, 4) is 0 Å². The second-order valence-corrected chi connectivity index (χ2v) is 3.23. The molecule has 0 atom stereocenters. The molecule has 1 aromatic rings. The van der Waals surface area contributed by atoms with Crippen molar-refractivity contribution in [1.29, 1.82) is 0 Å². The number of hydrogen-bond donors (Lipinski definition) is 1. The Morgan fingerprint density at radius 3 is 2.50 bits per heavy atom. The number of carbonyl (C=O) groups is 1. The predicted octanol–water partition coefficient (Wildman–Crippen LogP) is 3.06. The lowest BCUT2D eigenvalue weighted by atomic mass is 10.1. The minimum absolute atomic E-state index is 0.0204. The standard InChI is InChI=1S/C9H8ClF2NO/c1-4(14)5-2-6(9(11)12)8(13)7(10)3-5/h2-3,9H,13H2,1H3. The molecule has 1 rings (SSSR count). The number of Topliss-reactive ketones (excluding diaryl/α,β-unsaturated/α-hetero) is 1. The summed E-state index contributed by atoms with van der Waals surface area (Å²) in [7, 11) is 0. The van der Waals surface area contributed by atoms with E-state index in [1.165, 1.54) is 13.0 Å². The third kappa shape index (κ3) is 2.01. The molecule has 5 heteroatoms. The van der Waals surface area contributed by atoms with Gasteiger partial charge in [0, 0.05) is 11.1 Å². The van der Waals surface area contributed by atoms with Crippen LogP contribution in [0.5, 0.6) is 0 Å². The van der Waals surface area contributed by atoms with E-state index in [4.69, 9.17) is 17.3 Å². The first-order valence-electron chi connectivity index (χ1n) is 3.81. The van der Waals surface area contributed by atoms with Gasteiger partial charge in [-0.15, -0.1) is 0 Å². The highest BCUT2D eigenvalue weighted by Gasteiger charge is 2.16. The molecular formula is C9H8ClF2NO.